The van der Waals surface area contributed by atoms with E-state index in [-0.39, 0.29) is 12.1 Å². The number of carbonyl (C=O) groups is 1. The average Bonchev–Trinajstić information content (AvgIpc) is 3.22. The summed E-state index contributed by atoms with van der Waals surface area (Å²) in [5.41, 5.74) is 4.69. The number of ether oxygens (including phenoxy) is 2. The fourth-order valence-electron chi connectivity index (χ4n) is 3.13. The first-order valence-electron chi connectivity index (χ1n) is 8.60. The zero-order valence-electron chi connectivity index (χ0n) is 14.3. The molecule has 1 fully saturated rings. The summed E-state index contributed by atoms with van der Waals surface area (Å²) in [6.45, 7) is 2.63. The highest BCUT2D eigenvalue weighted by Gasteiger charge is 2.25. The van der Waals surface area contributed by atoms with E-state index in [1.54, 1.807) is 19.2 Å². The molecule has 0 spiro atoms. The van der Waals surface area contributed by atoms with Crippen molar-refractivity contribution in [1.82, 2.24) is 9.66 Å². The first-order chi connectivity index (χ1) is 12.2. The van der Waals surface area contributed by atoms with Gasteiger partial charge in [0.15, 0.2) is 5.65 Å². The molecule has 2 aromatic heterocycles. The van der Waals surface area contributed by atoms with E-state index in [1.165, 1.54) is 0 Å². The van der Waals surface area contributed by atoms with Gasteiger partial charge in [-0.05, 0) is 38.3 Å². The Hall–Kier alpha value is -2.59. The summed E-state index contributed by atoms with van der Waals surface area (Å²) in [6, 6.07) is 6.11. The van der Waals surface area contributed by atoms with Crippen LogP contribution in [0, 0.1) is 11.3 Å². The highest BCUT2D eigenvalue weighted by molar-refractivity contribution is 5.93. The summed E-state index contributed by atoms with van der Waals surface area (Å²) in [7, 11) is 0. The monoisotopic (exact) mass is 342 g/mol. The first-order valence-corrected chi connectivity index (χ1v) is 8.60. The lowest BCUT2D eigenvalue weighted by molar-refractivity contribution is 0.0526. The van der Waals surface area contributed by atoms with Crippen molar-refractivity contribution in [3.8, 4) is 6.07 Å². The number of nitrogens with zero attached hydrogens (tertiary/aromatic N) is 3. The molecule has 25 heavy (non-hydrogen) atoms. The minimum absolute atomic E-state index is 0.205. The van der Waals surface area contributed by atoms with E-state index in [4.69, 9.17) is 14.7 Å². The predicted molar refractivity (Wildman–Crippen MR) is 92.7 cm³/mol. The number of nitrogens with one attached hydrogen (secondary N) is 1. The molecule has 0 aromatic carbocycles. The minimum Gasteiger partial charge on any atom is -0.462 e. The Kier molecular flexibility index (Phi) is 5.51. The number of aromatic nitrogens is 2. The lowest BCUT2D eigenvalue weighted by Gasteiger charge is -2.16. The molecule has 132 valence electrons. The molecule has 0 radical (unpaired) electrons. The molecule has 1 N–H and O–H groups in total. The average molecular weight is 342 g/mol. The van der Waals surface area contributed by atoms with E-state index in [0.29, 0.717) is 31.2 Å². The zero-order valence-corrected chi connectivity index (χ0v) is 14.3. The predicted octanol–water partition coefficient (Wildman–Crippen LogP) is 2.61. The van der Waals surface area contributed by atoms with E-state index in [0.717, 1.165) is 30.3 Å². The number of nitriles is 1. The molecule has 0 bridgehead atoms. The van der Waals surface area contributed by atoms with Gasteiger partial charge in [0.25, 0.3) is 0 Å². The zero-order chi connectivity index (χ0) is 17.6. The molecule has 1 saturated carbocycles. The van der Waals surface area contributed by atoms with Crippen molar-refractivity contribution in [3.05, 3.63) is 30.1 Å². The van der Waals surface area contributed by atoms with Crippen molar-refractivity contribution in [2.75, 3.05) is 18.6 Å². The number of esters is 1. The number of hydrogen-bond donors (Lipinski definition) is 1. The van der Waals surface area contributed by atoms with Gasteiger partial charge in [-0.1, -0.05) is 0 Å². The summed E-state index contributed by atoms with van der Waals surface area (Å²) in [4.78, 5) is 16.2. The van der Waals surface area contributed by atoms with Crippen molar-refractivity contribution < 1.29 is 14.3 Å². The van der Waals surface area contributed by atoms with Gasteiger partial charge in [-0.3, -0.25) is 0 Å². The van der Waals surface area contributed by atoms with Gasteiger partial charge in [-0.15, -0.1) is 0 Å². The maximum absolute atomic E-state index is 11.8. The number of fused-ring (bicyclic) bond motifs is 1. The number of carbonyl (C=O) groups excluding carboxylic acids is 1. The van der Waals surface area contributed by atoms with Crippen molar-refractivity contribution in [1.29, 1.82) is 5.26 Å². The Labute approximate surface area is 146 Å². The van der Waals surface area contributed by atoms with Crippen molar-refractivity contribution >= 4 is 17.0 Å². The Morgan fingerprint density at radius 3 is 3.20 bits per heavy atom. The Morgan fingerprint density at radius 1 is 1.52 bits per heavy atom. The van der Waals surface area contributed by atoms with Crippen LogP contribution in [0.3, 0.4) is 0 Å². The van der Waals surface area contributed by atoms with Gasteiger partial charge < -0.3 is 14.9 Å². The second kappa shape index (κ2) is 7.99. The van der Waals surface area contributed by atoms with Gasteiger partial charge in [0.05, 0.1) is 37.4 Å². The van der Waals surface area contributed by atoms with Crippen LogP contribution in [0.4, 0.5) is 0 Å². The molecule has 2 atom stereocenters. The van der Waals surface area contributed by atoms with E-state index in [1.807, 2.05) is 16.9 Å². The third-order valence-corrected chi connectivity index (χ3v) is 4.31. The number of rotatable bonds is 7. The molecule has 1 aliphatic rings. The number of hydrogen-bond acceptors (Lipinski definition) is 6. The van der Waals surface area contributed by atoms with E-state index >= 15 is 0 Å². The molecule has 0 saturated heterocycles. The van der Waals surface area contributed by atoms with E-state index in [2.05, 4.69) is 16.5 Å². The lowest BCUT2D eigenvalue weighted by Crippen LogP contribution is -2.26. The summed E-state index contributed by atoms with van der Waals surface area (Å²) in [5.74, 6) is -0.356. The van der Waals surface area contributed by atoms with Crippen molar-refractivity contribution in [2.45, 2.75) is 44.8 Å². The second-order valence-electron chi connectivity index (χ2n) is 6.08. The van der Waals surface area contributed by atoms with Crippen LogP contribution in [0.25, 0.3) is 11.0 Å². The van der Waals surface area contributed by atoms with Gasteiger partial charge >= 0.3 is 5.97 Å². The van der Waals surface area contributed by atoms with E-state index in [9.17, 15) is 4.79 Å². The SMILES string of the molecule is CCOC(=O)c1cnc2c(ccn2NC2CCC(OCCC#N)C2)c1. The Balaban J connectivity index is 1.63. The summed E-state index contributed by atoms with van der Waals surface area (Å²) in [5, 5.41) is 9.45. The van der Waals surface area contributed by atoms with Gasteiger partial charge in [0.2, 0.25) is 0 Å². The van der Waals surface area contributed by atoms with Crippen molar-refractivity contribution in [3.63, 3.8) is 0 Å². The third kappa shape index (κ3) is 4.09. The van der Waals surface area contributed by atoms with Crippen molar-refractivity contribution in [2.24, 2.45) is 0 Å². The van der Waals surface area contributed by atoms with Crippen LogP contribution in [0.1, 0.15) is 43.0 Å². The lowest BCUT2D eigenvalue weighted by atomic mass is 10.2. The highest BCUT2D eigenvalue weighted by Crippen LogP contribution is 2.24. The smallest absolute Gasteiger partial charge is 0.339 e. The maximum atomic E-state index is 11.8. The molecule has 1 aliphatic carbocycles. The molecular weight excluding hydrogens is 320 g/mol. The van der Waals surface area contributed by atoms with Crippen LogP contribution < -0.4 is 5.43 Å². The molecule has 7 heteroatoms. The van der Waals surface area contributed by atoms with Crippen LogP contribution in [0.15, 0.2) is 24.5 Å². The molecule has 0 aliphatic heterocycles. The largest absolute Gasteiger partial charge is 0.462 e. The normalized spacial score (nSPS) is 19.7. The highest BCUT2D eigenvalue weighted by atomic mass is 16.5. The molecule has 2 unspecified atom stereocenters. The topological polar surface area (TPSA) is 89.2 Å². The summed E-state index contributed by atoms with van der Waals surface area (Å²) >= 11 is 0. The first kappa shape index (κ1) is 17.2. The van der Waals surface area contributed by atoms with Gasteiger partial charge in [0, 0.05) is 23.8 Å². The van der Waals surface area contributed by atoms with Crippen LogP contribution in [0.2, 0.25) is 0 Å². The minimum atomic E-state index is -0.356. The van der Waals surface area contributed by atoms with Gasteiger partial charge in [-0.2, -0.15) is 5.26 Å². The maximum Gasteiger partial charge on any atom is 0.339 e. The van der Waals surface area contributed by atoms with Crippen LogP contribution in [-0.4, -0.2) is 41.0 Å². The fraction of sp³-hybridized carbons (Fsp3) is 0.500. The van der Waals surface area contributed by atoms with Crippen LogP contribution >= 0.6 is 0 Å². The molecule has 3 rings (SSSR count). The Morgan fingerprint density at radius 2 is 2.40 bits per heavy atom. The molecule has 0 amide bonds. The number of pyridine rings is 1. The second-order valence-corrected chi connectivity index (χ2v) is 6.08. The molecule has 7 nitrogen and oxygen atoms in total. The Bertz CT molecular complexity index is 780. The van der Waals surface area contributed by atoms with Crippen LogP contribution in [-0.2, 0) is 9.47 Å². The van der Waals surface area contributed by atoms with E-state index < -0.39 is 0 Å². The third-order valence-electron chi connectivity index (χ3n) is 4.31. The molecular formula is C18H22N4O3. The van der Waals surface area contributed by atoms with Gasteiger partial charge in [-0.25, -0.2) is 14.5 Å². The molecule has 2 heterocycles. The quantitative estimate of drug-likeness (QED) is 0.614. The van der Waals surface area contributed by atoms with Crippen LogP contribution in [0.5, 0.6) is 0 Å². The fourth-order valence-corrected chi connectivity index (χ4v) is 3.13. The summed E-state index contributed by atoms with van der Waals surface area (Å²) < 4.78 is 12.6. The standard InChI is InChI=1S/C18H22N4O3/c1-2-24-18(23)14-10-13-6-8-22(17(13)20-12-14)21-15-4-5-16(11-15)25-9-3-7-19/h6,8,10,12,15-16,21H,2-5,9,11H2,1H3. The summed E-state index contributed by atoms with van der Waals surface area (Å²) in [6.07, 6.45) is 7.00. The van der Waals surface area contributed by atoms with Gasteiger partial charge in [0.1, 0.15) is 0 Å². The molecule has 2 aromatic rings.